The standard InChI is InChI=1S/C12H20N2O3/c1-8(3-4-15)13-6-11-10(7-16)5-14-9(2)12(11)17/h5,8,13,15-17H,3-4,6-7H2,1-2H3. The van der Waals surface area contributed by atoms with Gasteiger partial charge in [0.2, 0.25) is 0 Å². The van der Waals surface area contributed by atoms with Gasteiger partial charge >= 0.3 is 0 Å². The van der Waals surface area contributed by atoms with Crippen LogP contribution in [-0.2, 0) is 13.2 Å². The van der Waals surface area contributed by atoms with Crippen molar-refractivity contribution in [1.82, 2.24) is 10.3 Å². The Labute approximate surface area is 101 Å². The van der Waals surface area contributed by atoms with Crippen LogP contribution in [-0.4, -0.2) is 33.0 Å². The first-order valence-corrected chi connectivity index (χ1v) is 5.71. The summed E-state index contributed by atoms with van der Waals surface area (Å²) in [7, 11) is 0. The van der Waals surface area contributed by atoms with Crippen molar-refractivity contribution in [3.8, 4) is 5.75 Å². The first-order chi connectivity index (χ1) is 8.10. The number of pyridine rings is 1. The van der Waals surface area contributed by atoms with Crippen LogP contribution in [0, 0.1) is 6.92 Å². The van der Waals surface area contributed by atoms with Gasteiger partial charge in [-0.1, -0.05) is 0 Å². The predicted molar refractivity (Wildman–Crippen MR) is 64.6 cm³/mol. The lowest BCUT2D eigenvalue weighted by atomic mass is 10.1. The molecule has 0 radical (unpaired) electrons. The van der Waals surface area contributed by atoms with Gasteiger partial charge in [0, 0.05) is 36.5 Å². The fraction of sp³-hybridized carbons (Fsp3) is 0.583. The molecule has 1 aromatic rings. The zero-order valence-electron chi connectivity index (χ0n) is 10.3. The van der Waals surface area contributed by atoms with Crippen LogP contribution >= 0.6 is 0 Å². The number of nitrogens with zero attached hydrogens (tertiary/aromatic N) is 1. The Bertz CT molecular complexity index is 369. The minimum atomic E-state index is -0.147. The van der Waals surface area contributed by atoms with Gasteiger partial charge < -0.3 is 20.6 Å². The fourth-order valence-corrected chi connectivity index (χ4v) is 1.59. The molecule has 0 aliphatic carbocycles. The largest absolute Gasteiger partial charge is 0.506 e. The number of aryl methyl sites for hydroxylation is 1. The van der Waals surface area contributed by atoms with Crippen molar-refractivity contribution in [1.29, 1.82) is 0 Å². The number of aliphatic hydroxyl groups is 2. The number of aromatic hydroxyl groups is 1. The molecule has 96 valence electrons. The van der Waals surface area contributed by atoms with Crippen molar-refractivity contribution < 1.29 is 15.3 Å². The van der Waals surface area contributed by atoms with Crippen molar-refractivity contribution >= 4 is 0 Å². The van der Waals surface area contributed by atoms with E-state index in [0.29, 0.717) is 29.8 Å². The van der Waals surface area contributed by atoms with E-state index < -0.39 is 0 Å². The summed E-state index contributed by atoms with van der Waals surface area (Å²) in [5.41, 5.74) is 1.84. The third kappa shape index (κ3) is 3.66. The molecule has 0 spiro atoms. The molecular weight excluding hydrogens is 220 g/mol. The number of aliphatic hydroxyl groups excluding tert-OH is 2. The van der Waals surface area contributed by atoms with Crippen LogP contribution in [0.2, 0.25) is 0 Å². The average molecular weight is 240 g/mol. The van der Waals surface area contributed by atoms with E-state index in [-0.39, 0.29) is 25.0 Å². The predicted octanol–water partition coefficient (Wildman–Crippen LogP) is 0.448. The number of hydrogen-bond donors (Lipinski definition) is 4. The molecule has 1 aromatic heterocycles. The summed E-state index contributed by atoms with van der Waals surface area (Å²) in [6.07, 6.45) is 2.22. The molecule has 1 atom stereocenters. The average Bonchev–Trinajstić information content (AvgIpc) is 2.31. The molecule has 0 saturated carbocycles. The second kappa shape index (κ2) is 6.54. The second-order valence-corrected chi connectivity index (χ2v) is 4.15. The van der Waals surface area contributed by atoms with E-state index in [9.17, 15) is 10.2 Å². The second-order valence-electron chi connectivity index (χ2n) is 4.15. The molecule has 5 heteroatoms. The van der Waals surface area contributed by atoms with Gasteiger partial charge in [0.25, 0.3) is 0 Å². The smallest absolute Gasteiger partial charge is 0.141 e. The Morgan fingerprint density at radius 1 is 1.41 bits per heavy atom. The van der Waals surface area contributed by atoms with Crippen LogP contribution in [0.25, 0.3) is 0 Å². The summed E-state index contributed by atoms with van der Waals surface area (Å²) in [5, 5.41) is 31.1. The molecule has 0 bridgehead atoms. The molecule has 4 N–H and O–H groups in total. The van der Waals surface area contributed by atoms with Crippen molar-refractivity contribution in [3.63, 3.8) is 0 Å². The Morgan fingerprint density at radius 3 is 2.71 bits per heavy atom. The lowest BCUT2D eigenvalue weighted by Crippen LogP contribution is -2.27. The van der Waals surface area contributed by atoms with Gasteiger partial charge in [-0.2, -0.15) is 0 Å². The van der Waals surface area contributed by atoms with Gasteiger partial charge in [0.1, 0.15) is 5.75 Å². The molecule has 0 fully saturated rings. The maximum atomic E-state index is 9.89. The van der Waals surface area contributed by atoms with Gasteiger partial charge in [-0.3, -0.25) is 4.98 Å². The van der Waals surface area contributed by atoms with Crippen LogP contribution < -0.4 is 5.32 Å². The van der Waals surface area contributed by atoms with Gasteiger partial charge in [-0.25, -0.2) is 0 Å². The third-order valence-corrected chi connectivity index (χ3v) is 2.79. The van der Waals surface area contributed by atoms with E-state index in [0.717, 1.165) is 0 Å². The highest BCUT2D eigenvalue weighted by molar-refractivity contribution is 5.40. The first kappa shape index (κ1) is 13.9. The van der Waals surface area contributed by atoms with Gasteiger partial charge in [0.15, 0.2) is 0 Å². The van der Waals surface area contributed by atoms with Crippen LogP contribution in [0.5, 0.6) is 5.75 Å². The van der Waals surface area contributed by atoms with E-state index >= 15 is 0 Å². The number of rotatable bonds is 6. The van der Waals surface area contributed by atoms with E-state index in [1.165, 1.54) is 0 Å². The first-order valence-electron chi connectivity index (χ1n) is 5.71. The van der Waals surface area contributed by atoms with Crippen molar-refractivity contribution in [3.05, 3.63) is 23.0 Å². The highest BCUT2D eigenvalue weighted by atomic mass is 16.3. The van der Waals surface area contributed by atoms with Crippen molar-refractivity contribution in [2.45, 2.75) is 39.5 Å². The van der Waals surface area contributed by atoms with Gasteiger partial charge in [0.05, 0.1) is 12.3 Å². The summed E-state index contributed by atoms with van der Waals surface area (Å²) in [6, 6.07) is 0.152. The minimum Gasteiger partial charge on any atom is -0.506 e. The third-order valence-electron chi connectivity index (χ3n) is 2.79. The van der Waals surface area contributed by atoms with Crippen LogP contribution in [0.1, 0.15) is 30.2 Å². The highest BCUT2D eigenvalue weighted by Crippen LogP contribution is 2.23. The van der Waals surface area contributed by atoms with E-state index in [1.807, 2.05) is 6.92 Å². The Morgan fingerprint density at radius 2 is 2.12 bits per heavy atom. The van der Waals surface area contributed by atoms with Gasteiger partial charge in [-0.15, -0.1) is 0 Å². The van der Waals surface area contributed by atoms with Crippen LogP contribution in [0.4, 0.5) is 0 Å². The molecule has 1 heterocycles. The van der Waals surface area contributed by atoms with Crippen LogP contribution in [0.15, 0.2) is 6.20 Å². The summed E-state index contributed by atoms with van der Waals surface area (Å²) in [4.78, 5) is 4.00. The summed E-state index contributed by atoms with van der Waals surface area (Å²) >= 11 is 0. The maximum absolute atomic E-state index is 9.89. The zero-order chi connectivity index (χ0) is 12.8. The van der Waals surface area contributed by atoms with Crippen molar-refractivity contribution in [2.24, 2.45) is 0 Å². The molecule has 0 aliphatic heterocycles. The minimum absolute atomic E-state index is 0.125. The normalized spacial score (nSPS) is 12.7. The molecule has 1 unspecified atom stereocenters. The highest BCUT2D eigenvalue weighted by Gasteiger charge is 2.12. The molecule has 0 aliphatic rings. The fourth-order valence-electron chi connectivity index (χ4n) is 1.59. The molecule has 17 heavy (non-hydrogen) atoms. The Balaban J connectivity index is 2.78. The summed E-state index contributed by atoms with van der Waals surface area (Å²) in [6.45, 7) is 4.11. The van der Waals surface area contributed by atoms with E-state index in [1.54, 1.807) is 13.1 Å². The summed E-state index contributed by atoms with van der Waals surface area (Å²) in [5.74, 6) is 0.125. The molecule has 1 rings (SSSR count). The molecular formula is C12H20N2O3. The Hall–Kier alpha value is -1.17. The lowest BCUT2D eigenvalue weighted by Gasteiger charge is -2.16. The van der Waals surface area contributed by atoms with E-state index in [4.69, 9.17) is 5.11 Å². The zero-order valence-corrected chi connectivity index (χ0v) is 10.3. The van der Waals surface area contributed by atoms with Crippen LogP contribution in [0.3, 0.4) is 0 Å². The number of hydrogen-bond acceptors (Lipinski definition) is 5. The quantitative estimate of drug-likeness (QED) is 0.580. The SMILES string of the molecule is Cc1ncc(CO)c(CNC(C)CCO)c1O. The monoisotopic (exact) mass is 240 g/mol. The van der Waals surface area contributed by atoms with E-state index in [2.05, 4.69) is 10.3 Å². The molecule has 0 amide bonds. The molecule has 0 saturated heterocycles. The molecule has 5 nitrogen and oxygen atoms in total. The maximum Gasteiger partial charge on any atom is 0.141 e. The molecule has 0 aromatic carbocycles. The summed E-state index contributed by atoms with van der Waals surface area (Å²) < 4.78 is 0. The van der Waals surface area contributed by atoms with Crippen molar-refractivity contribution in [2.75, 3.05) is 6.61 Å². The lowest BCUT2D eigenvalue weighted by molar-refractivity contribution is 0.266. The van der Waals surface area contributed by atoms with Gasteiger partial charge in [-0.05, 0) is 20.3 Å². The number of aromatic nitrogens is 1. The topological polar surface area (TPSA) is 85.6 Å². The Kier molecular flexibility index (Phi) is 5.34. The number of nitrogens with one attached hydrogen (secondary N) is 1.